The number of carbonyl (C=O) groups is 1. The molecule has 1 heterocycles. The van der Waals surface area contributed by atoms with Crippen LogP contribution in [0, 0.1) is 5.92 Å². The average Bonchev–Trinajstić information content (AvgIpc) is 2.49. The third-order valence-corrected chi connectivity index (χ3v) is 5.63. The Bertz CT molecular complexity index is 608. The minimum atomic E-state index is -3.77. The van der Waals surface area contributed by atoms with Crippen molar-refractivity contribution in [1.82, 2.24) is 0 Å². The van der Waals surface area contributed by atoms with Crippen molar-refractivity contribution in [2.24, 2.45) is 5.92 Å². The van der Waals surface area contributed by atoms with Gasteiger partial charge in [0.1, 0.15) is 0 Å². The van der Waals surface area contributed by atoms with Gasteiger partial charge in [0.15, 0.2) is 15.1 Å². The molecule has 1 saturated heterocycles. The molecule has 0 spiro atoms. The van der Waals surface area contributed by atoms with E-state index in [0.29, 0.717) is 6.42 Å². The maximum atomic E-state index is 12.5. The fourth-order valence-electron chi connectivity index (χ4n) is 2.39. The van der Waals surface area contributed by atoms with Crippen LogP contribution < -0.4 is 0 Å². The second kappa shape index (κ2) is 6.41. The molecule has 0 bridgehead atoms. The number of ether oxygens (including phenoxy) is 1. The molecule has 3 atom stereocenters. The Labute approximate surface area is 124 Å². The maximum Gasteiger partial charge on any atom is 0.324 e. The maximum absolute atomic E-state index is 12.5. The standard InChI is InChI=1S/C15H18O5S/c1-2-12(16)8-11-9-14(15(17)20-10-11)21(18,19)13-6-4-3-5-7-13/h2-7,11-12,14,16H,1,8-10H2/t11-,12?,14?/m0/s1. The van der Waals surface area contributed by atoms with Gasteiger partial charge in [-0.1, -0.05) is 24.3 Å². The monoisotopic (exact) mass is 310 g/mol. The van der Waals surface area contributed by atoms with Crippen LogP contribution in [-0.2, 0) is 19.4 Å². The molecule has 1 aromatic carbocycles. The van der Waals surface area contributed by atoms with Gasteiger partial charge in [-0.2, -0.15) is 0 Å². The lowest BCUT2D eigenvalue weighted by atomic mass is 9.95. The van der Waals surface area contributed by atoms with Crippen LogP contribution in [0.3, 0.4) is 0 Å². The van der Waals surface area contributed by atoms with Crippen LogP contribution in [0.5, 0.6) is 0 Å². The minimum absolute atomic E-state index is 0.108. The van der Waals surface area contributed by atoms with Gasteiger partial charge in [-0.25, -0.2) is 8.42 Å². The van der Waals surface area contributed by atoms with E-state index in [1.54, 1.807) is 18.2 Å². The predicted octanol–water partition coefficient (Wildman–Crippen LogP) is 1.33. The summed E-state index contributed by atoms with van der Waals surface area (Å²) < 4.78 is 30.0. The van der Waals surface area contributed by atoms with E-state index in [0.717, 1.165) is 0 Å². The summed E-state index contributed by atoms with van der Waals surface area (Å²) in [7, 11) is -3.77. The molecule has 1 aromatic rings. The van der Waals surface area contributed by atoms with Crippen molar-refractivity contribution in [3.8, 4) is 0 Å². The fourth-order valence-corrected chi connectivity index (χ4v) is 4.10. The molecule has 21 heavy (non-hydrogen) atoms. The Kier molecular flexibility index (Phi) is 4.80. The van der Waals surface area contributed by atoms with Gasteiger partial charge in [0.05, 0.1) is 17.6 Å². The third-order valence-electron chi connectivity index (χ3n) is 3.56. The van der Waals surface area contributed by atoms with E-state index in [1.807, 2.05) is 0 Å². The van der Waals surface area contributed by atoms with Gasteiger partial charge in [0.25, 0.3) is 0 Å². The summed E-state index contributed by atoms with van der Waals surface area (Å²) in [6, 6.07) is 7.86. The molecule has 1 aliphatic heterocycles. The number of carbonyl (C=O) groups excluding carboxylic acids is 1. The summed E-state index contributed by atoms with van der Waals surface area (Å²) >= 11 is 0. The highest BCUT2D eigenvalue weighted by Crippen LogP contribution is 2.28. The van der Waals surface area contributed by atoms with Crippen molar-refractivity contribution in [2.75, 3.05) is 6.61 Å². The van der Waals surface area contributed by atoms with Crippen molar-refractivity contribution < 1.29 is 23.1 Å². The summed E-state index contributed by atoms with van der Waals surface area (Å²) in [4.78, 5) is 11.9. The lowest BCUT2D eigenvalue weighted by Gasteiger charge is -2.28. The molecular weight excluding hydrogens is 292 g/mol. The number of benzene rings is 1. The lowest BCUT2D eigenvalue weighted by Crippen LogP contribution is -2.41. The van der Waals surface area contributed by atoms with Crippen molar-refractivity contribution >= 4 is 15.8 Å². The van der Waals surface area contributed by atoms with Crippen molar-refractivity contribution in [3.05, 3.63) is 43.0 Å². The topological polar surface area (TPSA) is 80.7 Å². The molecule has 1 fully saturated rings. The first-order valence-corrected chi connectivity index (χ1v) is 8.26. The van der Waals surface area contributed by atoms with Crippen LogP contribution in [0.1, 0.15) is 12.8 Å². The molecular formula is C15H18O5S. The number of aliphatic hydroxyl groups excluding tert-OH is 1. The zero-order valence-electron chi connectivity index (χ0n) is 11.5. The molecule has 1 N–H and O–H groups in total. The second-order valence-electron chi connectivity index (χ2n) is 5.12. The van der Waals surface area contributed by atoms with Crippen LogP contribution in [0.25, 0.3) is 0 Å². The first-order chi connectivity index (χ1) is 9.95. The fraction of sp³-hybridized carbons (Fsp3) is 0.400. The Hall–Kier alpha value is -1.66. The summed E-state index contributed by atoms with van der Waals surface area (Å²) in [6.07, 6.45) is 1.14. The van der Waals surface area contributed by atoms with Gasteiger partial charge < -0.3 is 9.84 Å². The zero-order chi connectivity index (χ0) is 15.5. The molecule has 0 saturated carbocycles. The van der Waals surface area contributed by atoms with Gasteiger partial charge in [-0.3, -0.25) is 4.79 Å². The molecule has 0 aliphatic carbocycles. The Morgan fingerprint density at radius 1 is 1.38 bits per heavy atom. The van der Waals surface area contributed by atoms with Crippen molar-refractivity contribution in [3.63, 3.8) is 0 Å². The summed E-state index contributed by atoms with van der Waals surface area (Å²) in [6.45, 7) is 3.61. The number of aliphatic hydroxyl groups is 1. The van der Waals surface area contributed by atoms with E-state index in [1.165, 1.54) is 18.2 Å². The number of esters is 1. The van der Waals surface area contributed by atoms with Crippen LogP contribution >= 0.6 is 0 Å². The number of hydrogen-bond acceptors (Lipinski definition) is 5. The first-order valence-electron chi connectivity index (χ1n) is 6.71. The molecule has 2 rings (SSSR count). The highest BCUT2D eigenvalue weighted by atomic mass is 32.2. The van der Waals surface area contributed by atoms with E-state index in [2.05, 4.69) is 6.58 Å². The molecule has 6 heteroatoms. The third kappa shape index (κ3) is 3.51. The molecule has 5 nitrogen and oxygen atoms in total. The van der Waals surface area contributed by atoms with Crippen LogP contribution in [0.2, 0.25) is 0 Å². The summed E-state index contributed by atoms with van der Waals surface area (Å²) in [5, 5.41) is 8.36. The minimum Gasteiger partial charge on any atom is -0.464 e. The quantitative estimate of drug-likeness (QED) is 0.655. The van der Waals surface area contributed by atoms with Gasteiger partial charge in [-0.05, 0) is 30.9 Å². The van der Waals surface area contributed by atoms with Gasteiger partial charge in [0, 0.05) is 0 Å². The van der Waals surface area contributed by atoms with Crippen LogP contribution in [0.15, 0.2) is 47.9 Å². The highest BCUT2D eigenvalue weighted by Gasteiger charge is 2.41. The number of sulfone groups is 1. The summed E-state index contributed by atoms with van der Waals surface area (Å²) in [5.74, 6) is -0.914. The predicted molar refractivity (Wildman–Crippen MR) is 77.3 cm³/mol. The molecule has 114 valence electrons. The van der Waals surface area contributed by atoms with Crippen molar-refractivity contribution in [2.45, 2.75) is 29.1 Å². The van der Waals surface area contributed by atoms with E-state index in [9.17, 15) is 18.3 Å². The van der Waals surface area contributed by atoms with Gasteiger partial charge >= 0.3 is 5.97 Å². The second-order valence-corrected chi connectivity index (χ2v) is 7.25. The molecule has 0 radical (unpaired) electrons. The van der Waals surface area contributed by atoms with Gasteiger partial charge in [0.2, 0.25) is 0 Å². The summed E-state index contributed by atoms with van der Waals surface area (Å²) in [5.41, 5.74) is 0. The number of cyclic esters (lactones) is 1. The SMILES string of the molecule is C=CC(O)C[C@@H]1COC(=O)C(S(=O)(=O)c2ccccc2)C1. The zero-order valence-corrected chi connectivity index (χ0v) is 12.3. The molecule has 2 unspecified atom stereocenters. The molecule has 0 amide bonds. The normalized spacial score (nSPS) is 24.1. The Balaban J connectivity index is 2.21. The van der Waals surface area contributed by atoms with Crippen LogP contribution in [-0.4, -0.2) is 37.5 Å². The van der Waals surface area contributed by atoms with Crippen LogP contribution in [0.4, 0.5) is 0 Å². The average molecular weight is 310 g/mol. The smallest absolute Gasteiger partial charge is 0.324 e. The largest absolute Gasteiger partial charge is 0.464 e. The Morgan fingerprint density at radius 2 is 2.05 bits per heavy atom. The van der Waals surface area contributed by atoms with E-state index in [4.69, 9.17) is 4.74 Å². The van der Waals surface area contributed by atoms with E-state index >= 15 is 0 Å². The number of hydrogen-bond donors (Lipinski definition) is 1. The molecule has 0 aromatic heterocycles. The van der Waals surface area contributed by atoms with E-state index < -0.39 is 27.2 Å². The van der Waals surface area contributed by atoms with Gasteiger partial charge in [-0.15, -0.1) is 6.58 Å². The Morgan fingerprint density at radius 3 is 2.67 bits per heavy atom. The highest BCUT2D eigenvalue weighted by molar-refractivity contribution is 7.92. The molecule has 1 aliphatic rings. The lowest BCUT2D eigenvalue weighted by molar-refractivity contribution is -0.149. The van der Waals surface area contributed by atoms with E-state index in [-0.39, 0.29) is 23.8 Å². The number of rotatable bonds is 5. The van der Waals surface area contributed by atoms with Crippen molar-refractivity contribution in [1.29, 1.82) is 0 Å². The first kappa shape index (κ1) is 15.7.